The van der Waals surface area contributed by atoms with Crippen molar-refractivity contribution < 1.29 is 0 Å². The molecule has 0 saturated heterocycles. The zero-order chi connectivity index (χ0) is 23.1. The van der Waals surface area contributed by atoms with Gasteiger partial charge in [-0.3, -0.25) is 9.98 Å². The third-order valence-electron chi connectivity index (χ3n) is 5.84. The Kier molecular flexibility index (Phi) is 9.22. The van der Waals surface area contributed by atoms with E-state index in [9.17, 15) is 0 Å². The first-order valence-corrected chi connectivity index (χ1v) is 12.0. The maximum atomic E-state index is 5.09. The van der Waals surface area contributed by atoms with Crippen molar-refractivity contribution in [1.82, 2.24) is 0 Å². The molecule has 0 aromatic heterocycles. The SMILES string of the molecule is CC(CCC=Nc1c(C(C)C)cccc1C(C)C)=Nc1c(C(C)C)cccc1C(C)C. The van der Waals surface area contributed by atoms with Gasteiger partial charge in [0, 0.05) is 11.9 Å². The van der Waals surface area contributed by atoms with Crippen molar-refractivity contribution in [3.8, 4) is 0 Å². The van der Waals surface area contributed by atoms with Gasteiger partial charge in [0.05, 0.1) is 11.4 Å². The second-order valence-corrected chi connectivity index (χ2v) is 9.89. The molecular weight excluding hydrogens is 376 g/mol. The van der Waals surface area contributed by atoms with E-state index in [0.717, 1.165) is 18.5 Å². The number of nitrogens with zero attached hydrogens (tertiary/aromatic N) is 2. The zero-order valence-electron chi connectivity index (χ0n) is 21.2. The van der Waals surface area contributed by atoms with Gasteiger partial charge in [-0.05, 0) is 65.7 Å². The Morgan fingerprint density at radius 3 is 1.45 bits per heavy atom. The van der Waals surface area contributed by atoms with Gasteiger partial charge in [0.1, 0.15) is 0 Å². The number of rotatable bonds is 9. The molecule has 2 aromatic rings. The van der Waals surface area contributed by atoms with Gasteiger partial charge in [0.2, 0.25) is 0 Å². The minimum Gasteiger partial charge on any atom is -0.261 e. The molecule has 0 heterocycles. The Hall–Kier alpha value is -2.22. The Balaban J connectivity index is 2.23. The number of aliphatic imine (C=N–C) groups is 2. The summed E-state index contributed by atoms with van der Waals surface area (Å²) < 4.78 is 0. The fourth-order valence-electron chi connectivity index (χ4n) is 3.98. The molecule has 0 amide bonds. The first-order chi connectivity index (χ1) is 14.6. The molecule has 0 saturated carbocycles. The average Bonchev–Trinajstić information content (AvgIpc) is 2.70. The van der Waals surface area contributed by atoms with Crippen LogP contribution < -0.4 is 0 Å². The van der Waals surface area contributed by atoms with Gasteiger partial charge in [-0.25, -0.2) is 0 Å². The summed E-state index contributed by atoms with van der Waals surface area (Å²) in [6, 6.07) is 13.2. The molecule has 0 aliphatic heterocycles. The van der Waals surface area contributed by atoms with Gasteiger partial charge >= 0.3 is 0 Å². The lowest BCUT2D eigenvalue weighted by Gasteiger charge is -2.17. The quantitative estimate of drug-likeness (QED) is 0.362. The van der Waals surface area contributed by atoms with Gasteiger partial charge in [0.15, 0.2) is 0 Å². The third-order valence-corrected chi connectivity index (χ3v) is 5.84. The lowest BCUT2D eigenvalue weighted by Crippen LogP contribution is -1.99. The molecule has 0 unspecified atom stereocenters. The summed E-state index contributed by atoms with van der Waals surface area (Å²) >= 11 is 0. The van der Waals surface area contributed by atoms with Gasteiger partial charge in [-0.1, -0.05) is 91.8 Å². The van der Waals surface area contributed by atoms with Crippen LogP contribution in [0.2, 0.25) is 0 Å². The highest BCUT2D eigenvalue weighted by Gasteiger charge is 2.14. The summed E-state index contributed by atoms with van der Waals surface area (Å²) in [5, 5.41) is 0. The van der Waals surface area contributed by atoms with E-state index in [1.54, 1.807) is 0 Å². The van der Waals surface area contributed by atoms with Crippen LogP contribution in [0.5, 0.6) is 0 Å². The summed E-state index contributed by atoms with van der Waals surface area (Å²) in [5.74, 6) is 1.87. The lowest BCUT2D eigenvalue weighted by molar-refractivity contribution is 0.833. The summed E-state index contributed by atoms with van der Waals surface area (Å²) in [6.07, 6.45) is 3.91. The monoisotopic (exact) mass is 418 g/mol. The first kappa shape index (κ1) is 25.0. The van der Waals surface area contributed by atoms with Crippen LogP contribution in [-0.2, 0) is 0 Å². The molecule has 0 radical (unpaired) electrons. The van der Waals surface area contributed by atoms with Crippen molar-refractivity contribution in [2.75, 3.05) is 0 Å². The van der Waals surface area contributed by atoms with Crippen LogP contribution in [0.1, 0.15) is 121 Å². The van der Waals surface area contributed by atoms with Crippen molar-refractivity contribution in [2.45, 2.75) is 98.8 Å². The topological polar surface area (TPSA) is 24.7 Å². The summed E-state index contributed by atoms with van der Waals surface area (Å²) in [4.78, 5) is 10.0. The van der Waals surface area contributed by atoms with Gasteiger partial charge < -0.3 is 0 Å². The Morgan fingerprint density at radius 2 is 1.06 bits per heavy atom. The highest BCUT2D eigenvalue weighted by atomic mass is 14.8. The minimum absolute atomic E-state index is 0.466. The number of hydrogen-bond acceptors (Lipinski definition) is 2. The van der Waals surface area contributed by atoms with Crippen molar-refractivity contribution in [3.63, 3.8) is 0 Å². The Bertz CT molecular complexity index is 862. The molecular formula is C29H42N2. The molecule has 0 N–H and O–H groups in total. The van der Waals surface area contributed by atoms with Crippen molar-refractivity contribution in [2.24, 2.45) is 9.98 Å². The minimum atomic E-state index is 0.466. The standard InChI is InChI=1S/C29H42N2/c1-19(2)24-14-10-15-25(20(3)4)28(24)30-18-12-13-23(9)31-29-26(21(5)6)16-11-17-27(29)22(7)8/h10-11,14-22H,12-13H2,1-9H3. The maximum Gasteiger partial charge on any atom is 0.0698 e. The lowest BCUT2D eigenvalue weighted by atomic mass is 9.93. The molecule has 0 atom stereocenters. The van der Waals surface area contributed by atoms with Crippen LogP contribution >= 0.6 is 0 Å². The summed E-state index contributed by atoms with van der Waals surface area (Å²) in [7, 11) is 0. The zero-order valence-corrected chi connectivity index (χ0v) is 21.2. The van der Waals surface area contributed by atoms with Gasteiger partial charge in [-0.2, -0.15) is 0 Å². The fourth-order valence-corrected chi connectivity index (χ4v) is 3.98. The predicted octanol–water partition coefficient (Wildman–Crippen LogP) is 9.46. The van der Waals surface area contributed by atoms with E-state index < -0.39 is 0 Å². The third kappa shape index (κ3) is 6.63. The maximum absolute atomic E-state index is 5.09. The molecule has 2 heteroatoms. The second kappa shape index (κ2) is 11.4. The summed E-state index contributed by atoms with van der Waals surface area (Å²) in [5.41, 5.74) is 8.85. The molecule has 2 aromatic carbocycles. The average molecular weight is 419 g/mol. The van der Waals surface area contributed by atoms with E-state index in [-0.39, 0.29) is 0 Å². The first-order valence-electron chi connectivity index (χ1n) is 12.0. The van der Waals surface area contributed by atoms with Crippen LogP contribution in [0, 0.1) is 0 Å². The molecule has 2 rings (SSSR count). The fraction of sp³-hybridized carbons (Fsp3) is 0.517. The molecule has 31 heavy (non-hydrogen) atoms. The highest BCUT2D eigenvalue weighted by molar-refractivity contribution is 5.87. The van der Waals surface area contributed by atoms with Crippen LogP contribution in [0.4, 0.5) is 11.4 Å². The summed E-state index contributed by atoms with van der Waals surface area (Å²) in [6.45, 7) is 20.1. The molecule has 2 nitrogen and oxygen atoms in total. The number of benzene rings is 2. The van der Waals surface area contributed by atoms with E-state index in [1.165, 1.54) is 33.7 Å². The molecule has 168 valence electrons. The molecule has 0 aliphatic carbocycles. The largest absolute Gasteiger partial charge is 0.261 e. The van der Waals surface area contributed by atoms with E-state index in [0.29, 0.717) is 23.7 Å². The molecule has 0 aliphatic rings. The second-order valence-electron chi connectivity index (χ2n) is 9.89. The Morgan fingerprint density at radius 1 is 0.677 bits per heavy atom. The highest BCUT2D eigenvalue weighted by Crippen LogP contribution is 2.36. The van der Waals surface area contributed by atoms with Crippen LogP contribution in [0.15, 0.2) is 46.4 Å². The van der Waals surface area contributed by atoms with Crippen LogP contribution in [0.3, 0.4) is 0 Å². The normalized spacial score (nSPS) is 12.9. The number of hydrogen-bond donors (Lipinski definition) is 0. The smallest absolute Gasteiger partial charge is 0.0698 e. The molecule has 0 bridgehead atoms. The predicted molar refractivity (Wildman–Crippen MR) is 139 cm³/mol. The molecule has 0 spiro atoms. The van der Waals surface area contributed by atoms with Crippen LogP contribution in [0.25, 0.3) is 0 Å². The van der Waals surface area contributed by atoms with Crippen molar-refractivity contribution in [3.05, 3.63) is 58.7 Å². The van der Waals surface area contributed by atoms with E-state index in [2.05, 4.69) is 105 Å². The van der Waals surface area contributed by atoms with Crippen LogP contribution in [-0.4, -0.2) is 11.9 Å². The van der Waals surface area contributed by atoms with E-state index >= 15 is 0 Å². The van der Waals surface area contributed by atoms with Crippen molar-refractivity contribution in [1.29, 1.82) is 0 Å². The molecule has 0 fully saturated rings. The number of para-hydroxylation sites is 2. The van der Waals surface area contributed by atoms with E-state index in [4.69, 9.17) is 9.98 Å². The Labute approximate surface area is 190 Å². The van der Waals surface area contributed by atoms with Gasteiger partial charge in [0.25, 0.3) is 0 Å². The van der Waals surface area contributed by atoms with E-state index in [1.807, 2.05) is 0 Å². The van der Waals surface area contributed by atoms with Gasteiger partial charge in [-0.15, -0.1) is 0 Å². The van der Waals surface area contributed by atoms with Crippen molar-refractivity contribution >= 4 is 23.3 Å².